The van der Waals surface area contributed by atoms with Crippen molar-refractivity contribution >= 4 is 17.5 Å². The summed E-state index contributed by atoms with van der Waals surface area (Å²) in [6, 6.07) is 10.8. The van der Waals surface area contributed by atoms with E-state index >= 15 is 0 Å². The molecular formula is C25H34FN5O. The highest BCUT2D eigenvalue weighted by Gasteiger charge is 2.27. The van der Waals surface area contributed by atoms with Crippen molar-refractivity contribution < 1.29 is 9.18 Å². The Morgan fingerprint density at radius 2 is 1.81 bits per heavy atom. The average molecular weight is 440 g/mol. The summed E-state index contributed by atoms with van der Waals surface area (Å²) in [4.78, 5) is 28.2. The van der Waals surface area contributed by atoms with Gasteiger partial charge in [-0.2, -0.15) is 4.39 Å². The molecule has 1 saturated carbocycles. The first-order chi connectivity index (χ1) is 15.7. The van der Waals surface area contributed by atoms with Gasteiger partial charge in [-0.1, -0.05) is 31.4 Å². The highest BCUT2D eigenvalue weighted by atomic mass is 19.1. The molecule has 3 heterocycles. The summed E-state index contributed by atoms with van der Waals surface area (Å²) in [5, 5.41) is 0. The van der Waals surface area contributed by atoms with Crippen LogP contribution in [0.15, 0.2) is 42.6 Å². The predicted molar refractivity (Wildman–Crippen MR) is 125 cm³/mol. The molecule has 2 fully saturated rings. The van der Waals surface area contributed by atoms with Gasteiger partial charge < -0.3 is 4.90 Å². The minimum Gasteiger partial charge on any atom is -0.354 e. The zero-order chi connectivity index (χ0) is 22.2. The molecule has 32 heavy (non-hydrogen) atoms. The fourth-order valence-electron chi connectivity index (χ4n) is 4.80. The van der Waals surface area contributed by atoms with Crippen molar-refractivity contribution in [2.75, 3.05) is 49.1 Å². The Kier molecular flexibility index (Phi) is 8.04. The van der Waals surface area contributed by atoms with E-state index in [4.69, 9.17) is 0 Å². The molecule has 0 bridgehead atoms. The Morgan fingerprint density at radius 3 is 2.53 bits per heavy atom. The van der Waals surface area contributed by atoms with Crippen LogP contribution in [0.5, 0.6) is 0 Å². The molecule has 0 N–H and O–H groups in total. The minimum absolute atomic E-state index is 0.148. The van der Waals surface area contributed by atoms with Crippen LogP contribution >= 0.6 is 0 Å². The highest BCUT2D eigenvalue weighted by Crippen LogP contribution is 2.27. The van der Waals surface area contributed by atoms with Crippen molar-refractivity contribution in [3.8, 4) is 0 Å². The number of nitrogens with zero attached hydrogens (tertiary/aromatic N) is 5. The zero-order valence-electron chi connectivity index (χ0n) is 18.8. The highest BCUT2D eigenvalue weighted by molar-refractivity contribution is 5.94. The van der Waals surface area contributed by atoms with Gasteiger partial charge in [0.25, 0.3) is 0 Å². The van der Waals surface area contributed by atoms with Crippen molar-refractivity contribution in [1.82, 2.24) is 14.9 Å². The van der Waals surface area contributed by atoms with E-state index in [-0.39, 0.29) is 11.8 Å². The number of amides is 1. The van der Waals surface area contributed by atoms with Crippen molar-refractivity contribution in [3.05, 3.63) is 48.5 Å². The molecule has 1 saturated heterocycles. The number of pyridine rings is 2. The number of anilines is 2. The van der Waals surface area contributed by atoms with Crippen molar-refractivity contribution in [2.24, 2.45) is 5.92 Å². The van der Waals surface area contributed by atoms with Gasteiger partial charge in [-0.3, -0.25) is 14.6 Å². The van der Waals surface area contributed by atoms with E-state index in [0.29, 0.717) is 0 Å². The van der Waals surface area contributed by atoms with Crippen LogP contribution < -0.4 is 9.80 Å². The number of aromatic nitrogens is 2. The fourth-order valence-corrected chi connectivity index (χ4v) is 4.80. The molecule has 0 aromatic carbocycles. The Bertz CT molecular complexity index is 850. The Labute approximate surface area is 190 Å². The molecule has 1 aliphatic heterocycles. The number of halogens is 1. The van der Waals surface area contributed by atoms with Crippen LogP contribution in [-0.4, -0.2) is 60.0 Å². The van der Waals surface area contributed by atoms with Gasteiger partial charge in [0.1, 0.15) is 11.6 Å². The van der Waals surface area contributed by atoms with Crippen LogP contribution in [0.3, 0.4) is 0 Å². The van der Waals surface area contributed by atoms with E-state index < -0.39 is 5.95 Å². The van der Waals surface area contributed by atoms with Gasteiger partial charge in [0.15, 0.2) is 0 Å². The molecule has 4 rings (SSSR count). The maximum absolute atomic E-state index is 13.4. The number of piperazine rings is 1. The summed E-state index contributed by atoms with van der Waals surface area (Å²) in [5.74, 6) is 1.47. The number of rotatable bonds is 8. The van der Waals surface area contributed by atoms with E-state index in [1.165, 1.54) is 12.5 Å². The van der Waals surface area contributed by atoms with E-state index in [1.54, 1.807) is 12.3 Å². The lowest BCUT2D eigenvalue weighted by Gasteiger charge is -2.35. The van der Waals surface area contributed by atoms with Gasteiger partial charge >= 0.3 is 0 Å². The van der Waals surface area contributed by atoms with Crippen molar-refractivity contribution in [1.29, 1.82) is 0 Å². The van der Waals surface area contributed by atoms with Gasteiger partial charge in [-0.05, 0) is 56.5 Å². The SMILES string of the molecule is O=C(C1CCCCC1)N(CCCCN1CCN(c2cccc(F)n2)CC1)c1ccccn1. The fraction of sp³-hybridized carbons (Fsp3) is 0.560. The lowest BCUT2D eigenvalue weighted by atomic mass is 9.88. The first-order valence-electron chi connectivity index (χ1n) is 12.0. The zero-order valence-corrected chi connectivity index (χ0v) is 18.8. The van der Waals surface area contributed by atoms with Gasteiger partial charge in [0.2, 0.25) is 11.9 Å². The average Bonchev–Trinajstić information content (AvgIpc) is 2.85. The van der Waals surface area contributed by atoms with Gasteiger partial charge in [-0.15, -0.1) is 0 Å². The lowest BCUT2D eigenvalue weighted by Crippen LogP contribution is -2.47. The number of hydrogen-bond donors (Lipinski definition) is 0. The van der Waals surface area contributed by atoms with E-state index in [1.807, 2.05) is 29.2 Å². The summed E-state index contributed by atoms with van der Waals surface area (Å²) < 4.78 is 13.4. The maximum atomic E-state index is 13.4. The van der Waals surface area contributed by atoms with Crippen LogP contribution in [0, 0.1) is 11.9 Å². The van der Waals surface area contributed by atoms with Crippen LogP contribution in [0.25, 0.3) is 0 Å². The van der Waals surface area contributed by atoms with Gasteiger partial charge in [-0.25, -0.2) is 9.97 Å². The summed E-state index contributed by atoms with van der Waals surface area (Å²) in [6.45, 7) is 5.34. The molecule has 172 valence electrons. The quantitative estimate of drug-likeness (QED) is 0.457. The summed E-state index contributed by atoms with van der Waals surface area (Å²) in [7, 11) is 0. The summed E-state index contributed by atoms with van der Waals surface area (Å²) in [5.41, 5.74) is 0. The number of carbonyl (C=O) groups is 1. The van der Waals surface area contributed by atoms with Gasteiger partial charge in [0.05, 0.1) is 0 Å². The van der Waals surface area contributed by atoms with E-state index in [2.05, 4.69) is 19.8 Å². The first-order valence-corrected chi connectivity index (χ1v) is 12.0. The topological polar surface area (TPSA) is 52.6 Å². The Morgan fingerprint density at radius 1 is 1.00 bits per heavy atom. The molecule has 0 spiro atoms. The van der Waals surface area contributed by atoms with Crippen LogP contribution in [-0.2, 0) is 4.79 Å². The third-order valence-electron chi connectivity index (χ3n) is 6.65. The second kappa shape index (κ2) is 11.4. The van der Waals surface area contributed by atoms with Crippen molar-refractivity contribution in [2.45, 2.75) is 44.9 Å². The van der Waals surface area contributed by atoms with Crippen LogP contribution in [0.2, 0.25) is 0 Å². The third kappa shape index (κ3) is 6.03. The van der Waals surface area contributed by atoms with E-state index in [9.17, 15) is 9.18 Å². The predicted octanol–water partition coefficient (Wildman–Crippen LogP) is 4.13. The molecule has 1 aliphatic carbocycles. The second-order valence-electron chi connectivity index (χ2n) is 8.87. The Balaban J connectivity index is 1.24. The monoisotopic (exact) mass is 439 g/mol. The molecule has 7 heteroatoms. The smallest absolute Gasteiger partial charge is 0.231 e. The summed E-state index contributed by atoms with van der Waals surface area (Å²) >= 11 is 0. The van der Waals surface area contributed by atoms with Crippen molar-refractivity contribution in [3.63, 3.8) is 0 Å². The number of unbranched alkanes of at least 4 members (excludes halogenated alkanes) is 1. The summed E-state index contributed by atoms with van der Waals surface area (Å²) in [6.07, 6.45) is 9.34. The molecule has 2 aromatic rings. The standard InChI is InChI=1S/C25H34FN5O/c26-22-11-8-13-24(28-22)30-19-17-29(18-20-30)15-6-7-16-31(23-12-4-5-14-27-23)25(32)21-9-2-1-3-10-21/h4-5,8,11-14,21H,1-3,6-7,9-10,15-20H2. The number of hydrogen-bond acceptors (Lipinski definition) is 5. The normalized spacial score (nSPS) is 18.0. The lowest BCUT2D eigenvalue weighted by molar-refractivity contribution is -0.123. The minimum atomic E-state index is -0.426. The molecule has 0 atom stereocenters. The van der Waals surface area contributed by atoms with Crippen LogP contribution in [0.1, 0.15) is 44.9 Å². The molecule has 1 amide bonds. The van der Waals surface area contributed by atoms with Gasteiger partial charge in [0, 0.05) is 44.8 Å². The first kappa shape index (κ1) is 22.6. The second-order valence-corrected chi connectivity index (χ2v) is 8.87. The molecule has 0 radical (unpaired) electrons. The molecule has 2 aliphatic rings. The Hall–Kier alpha value is -2.54. The van der Waals surface area contributed by atoms with E-state index in [0.717, 1.165) is 89.4 Å². The largest absolute Gasteiger partial charge is 0.354 e. The molecule has 2 aromatic heterocycles. The maximum Gasteiger partial charge on any atom is 0.231 e. The number of carbonyl (C=O) groups excluding carboxylic acids is 1. The van der Waals surface area contributed by atoms with Crippen LogP contribution in [0.4, 0.5) is 16.0 Å². The molecule has 0 unspecified atom stereocenters. The molecule has 6 nitrogen and oxygen atoms in total. The third-order valence-corrected chi connectivity index (χ3v) is 6.65. The molecular weight excluding hydrogens is 405 g/mol.